The van der Waals surface area contributed by atoms with Gasteiger partial charge >= 0.3 is 5.97 Å². The Hall–Kier alpha value is -2.43. The Morgan fingerprint density at radius 2 is 2.11 bits per heavy atom. The van der Waals surface area contributed by atoms with E-state index in [1.807, 2.05) is 30.3 Å². The second-order valence-electron chi connectivity index (χ2n) is 3.55. The summed E-state index contributed by atoms with van der Waals surface area (Å²) in [7, 11) is 0. The number of aldehydes is 1. The van der Waals surface area contributed by atoms with E-state index in [9.17, 15) is 9.59 Å². The van der Waals surface area contributed by atoms with Crippen molar-refractivity contribution in [2.24, 2.45) is 0 Å². The van der Waals surface area contributed by atoms with E-state index in [0.29, 0.717) is 6.29 Å². The summed E-state index contributed by atoms with van der Waals surface area (Å²) in [5.74, 6) is -0.589. The molecule has 1 heterocycles. The third-order valence-corrected chi connectivity index (χ3v) is 2.36. The summed E-state index contributed by atoms with van der Waals surface area (Å²) in [5, 5.41) is 4.08. The van der Waals surface area contributed by atoms with E-state index >= 15 is 0 Å². The molecule has 2 rings (SSSR count). The van der Waals surface area contributed by atoms with Gasteiger partial charge in [0.2, 0.25) is 0 Å². The van der Waals surface area contributed by atoms with Gasteiger partial charge in [0.15, 0.2) is 12.0 Å². The summed E-state index contributed by atoms with van der Waals surface area (Å²) in [6, 6.07) is 9.23. The van der Waals surface area contributed by atoms with Gasteiger partial charge in [-0.2, -0.15) is 5.10 Å². The Balaban J connectivity index is 2.41. The molecule has 0 fully saturated rings. The van der Waals surface area contributed by atoms with Crippen LogP contribution in [0.1, 0.15) is 27.8 Å². The van der Waals surface area contributed by atoms with Gasteiger partial charge < -0.3 is 4.74 Å². The van der Waals surface area contributed by atoms with Crippen molar-refractivity contribution < 1.29 is 14.3 Å². The average molecular weight is 244 g/mol. The molecule has 0 atom stereocenters. The normalized spacial score (nSPS) is 10.1. The average Bonchev–Trinajstić information content (AvgIpc) is 2.84. The highest BCUT2D eigenvalue weighted by Crippen LogP contribution is 2.11. The van der Waals surface area contributed by atoms with Gasteiger partial charge in [0.25, 0.3) is 0 Å². The molecule has 0 spiro atoms. The molecule has 0 aliphatic rings. The molecule has 18 heavy (non-hydrogen) atoms. The Morgan fingerprint density at radius 3 is 2.72 bits per heavy atom. The van der Waals surface area contributed by atoms with Gasteiger partial charge in [-0.25, -0.2) is 9.48 Å². The van der Waals surface area contributed by atoms with Crippen molar-refractivity contribution in [3.63, 3.8) is 0 Å². The maximum atomic E-state index is 11.6. The molecule has 1 aromatic carbocycles. The van der Waals surface area contributed by atoms with Gasteiger partial charge in [0.1, 0.15) is 0 Å². The molecule has 1 aromatic heterocycles. The number of ether oxygens (including phenoxy) is 1. The van der Waals surface area contributed by atoms with Gasteiger partial charge in [-0.05, 0) is 19.1 Å². The lowest BCUT2D eigenvalue weighted by Crippen LogP contribution is -2.08. The topological polar surface area (TPSA) is 61.2 Å². The smallest absolute Gasteiger partial charge is 0.359 e. The van der Waals surface area contributed by atoms with E-state index in [2.05, 4.69) is 5.10 Å². The van der Waals surface area contributed by atoms with Crippen LogP contribution in [0, 0.1) is 0 Å². The summed E-state index contributed by atoms with van der Waals surface area (Å²) in [5.41, 5.74) is 1.03. The molecule has 0 aliphatic heterocycles. The van der Waals surface area contributed by atoms with Crippen LogP contribution in [-0.4, -0.2) is 28.6 Å². The van der Waals surface area contributed by atoms with Gasteiger partial charge in [-0.15, -0.1) is 0 Å². The lowest BCUT2D eigenvalue weighted by Gasteiger charge is -2.00. The van der Waals surface area contributed by atoms with Gasteiger partial charge in [0, 0.05) is 6.20 Å². The monoisotopic (exact) mass is 244 g/mol. The number of carbonyl (C=O) groups is 2. The highest BCUT2D eigenvalue weighted by Gasteiger charge is 2.17. The molecular weight excluding hydrogens is 232 g/mol. The number of esters is 1. The van der Waals surface area contributed by atoms with Gasteiger partial charge in [-0.1, -0.05) is 18.2 Å². The predicted octanol–water partition coefficient (Wildman–Crippen LogP) is 1.86. The Kier molecular flexibility index (Phi) is 3.52. The second kappa shape index (κ2) is 5.27. The Morgan fingerprint density at radius 1 is 1.39 bits per heavy atom. The van der Waals surface area contributed by atoms with E-state index in [4.69, 9.17) is 4.74 Å². The minimum Gasteiger partial charge on any atom is -0.461 e. The SMILES string of the molecule is CCOC(=O)c1nn(-c2ccccc2)cc1C=O. The summed E-state index contributed by atoms with van der Waals surface area (Å²) in [4.78, 5) is 22.5. The van der Waals surface area contributed by atoms with E-state index in [1.165, 1.54) is 10.9 Å². The standard InChI is InChI=1S/C13H12N2O3/c1-2-18-13(17)12-10(9-16)8-15(14-12)11-6-4-3-5-7-11/h3-9H,2H2,1H3. The minimum atomic E-state index is -0.589. The highest BCUT2D eigenvalue weighted by atomic mass is 16.5. The van der Waals surface area contributed by atoms with Crippen LogP contribution >= 0.6 is 0 Å². The molecule has 0 amide bonds. The van der Waals surface area contributed by atoms with Gasteiger partial charge in [-0.3, -0.25) is 4.79 Å². The van der Waals surface area contributed by atoms with Crippen molar-refractivity contribution in [3.05, 3.63) is 47.8 Å². The van der Waals surface area contributed by atoms with Crippen LogP contribution in [0.2, 0.25) is 0 Å². The maximum Gasteiger partial charge on any atom is 0.359 e. The van der Waals surface area contributed by atoms with Crippen molar-refractivity contribution in [1.29, 1.82) is 0 Å². The van der Waals surface area contributed by atoms with Crippen molar-refractivity contribution >= 4 is 12.3 Å². The van der Waals surface area contributed by atoms with Crippen molar-refractivity contribution in [1.82, 2.24) is 9.78 Å². The van der Waals surface area contributed by atoms with Crippen molar-refractivity contribution in [2.45, 2.75) is 6.92 Å². The molecule has 0 unspecified atom stereocenters. The Labute approximate surface area is 104 Å². The number of hydrogen-bond acceptors (Lipinski definition) is 4. The van der Waals surface area contributed by atoms with Crippen molar-refractivity contribution in [2.75, 3.05) is 6.61 Å². The summed E-state index contributed by atoms with van der Waals surface area (Å²) in [6.07, 6.45) is 2.10. The quantitative estimate of drug-likeness (QED) is 0.608. The number of benzene rings is 1. The Bertz CT molecular complexity index is 561. The van der Waals surface area contributed by atoms with Crippen LogP contribution in [-0.2, 0) is 4.74 Å². The minimum absolute atomic E-state index is 0.0377. The first-order chi connectivity index (χ1) is 8.76. The largest absolute Gasteiger partial charge is 0.461 e. The van der Waals surface area contributed by atoms with Crippen LogP contribution in [0.25, 0.3) is 5.69 Å². The third-order valence-electron chi connectivity index (χ3n) is 2.36. The van der Waals surface area contributed by atoms with Crippen LogP contribution in [0.3, 0.4) is 0 Å². The number of carbonyl (C=O) groups excluding carboxylic acids is 2. The fraction of sp³-hybridized carbons (Fsp3) is 0.154. The summed E-state index contributed by atoms with van der Waals surface area (Å²) < 4.78 is 6.33. The third kappa shape index (κ3) is 2.29. The van der Waals surface area contributed by atoms with Crippen LogP contribution in [0.4, 0.5) is 0 Å². The maximum absolute atomic E-state index is 11.6. The summed E-state index contributed by atoms with van der Waals surface area (Å²) in [6.45, 7) is 1.95. The molecule has 2 aromatic rings. The predicted molar refractivity (Wildman–Crippen MR) is 64.9 cm³/mol. The lowest BCUT2D eigenvalue weighted by molar-refractivity contribution is 0.0517. The first-order valence-electron chi connectivity index (χ1n) is 5.53. The molecule has 0 N–H and O–H groups in total. The lowest BCUT2D eigenvalue weighted by atomic mass is 10.3. The highest BCUT2D eigenvalue weighted by molar-refractivity contribution is 5.96. The number of nitrogens with zero attached hydrogens (tertiary/aromatic N) is 2. The first kappa shape index (κ1) is 12.0. The number of rotatable bonds is 4. The van der Waals surface area contributed by atoms with E-state index in [0.717, 1.165) is 5.69 Å². The first-order valence-corrected chi connectivity index (χ1v) is 5.53. The molecule has 0 saturated heterocycles. The molecule has 0 aliphatic carbocycles. The van der Waals surface area contributed by atoms with Crippen molar-refractivity contribution in [3.8, 4) is 5.69 Å². The van der Waals surface area contributed by atoms with Gasteiger partial charge in [0.05, 0.1) is 17.9 Å². The number of hydrogen-bond donors (Lipinski definition) is 0. The molecule has 0 radical (unpaired) electrons. The molecule has 0 saturated carbocycles. The molecule has 92 valence electrons. The zero-order valence-corrected chi connectivity index (χ0v) is 9.87. The molecule has 5 nitrogen and oxygen atoms in total. The summed E-state index contributed by atoms with van der Waals surface area (Å²) >= 11 is 0. The fourth-order valence-corrected chi connectivity index (χ4v) is 1.54. The van der Waals surface area contributed by atoms with E-state index in [1.54, 1.807) is 6.92 Å². The fourth-order valence-electron chi connectivity index (χ4n) is 1.54. The molecule has 0 bridgehead atoms. The van der Waals surface area contributed by atoms with E-state index < -0.39 is 5.97 Å². The van der Waals surface area contributed by atoms with Crippen LogP contribution in [0.15, 0.2) is 36.5 Å². The van der Waals surface area contributed by atoms with Crippen LogP contribution < -0.4 is 0 Å². The van der Waals surface area contributed by atoms with Crippen LogP contribution in [0.5, 0.6) is 0 Å². The molecular formula is C13H12N2O3. The van der Waals surface area contributed by atoms with E-state index in [-0.39, 0.29) is 17.9 Å². The number of para-hydroxylation sites is 1. The zero-order chi connectivity index (χ0) is 13.0. The second-order valence-corrected chi connectivity index (χ2v) is 3.55. The zero-order valence-electron chi connectivity index (χ0n) is 9.87. The molecule has 5 heteroatoms. The number of aromatic nitrogens is 2.